The summed E-state index contributed by atoms with van der Waals surface area (Å²) in [6, 6.07) is 0. The molecule has 2 aliphatic heterocycles. The molecular weight excluding hydrogens is 364 g/mol. The van der Waals surface area contributed by atoms with Crippen LogP contribution in [0.5, 0.6) is 0 Å². The van der Waals surface area contributed by atoms with E-state index in [2.05, 4.69) is 15.3 Å². The highest BCUT2D eigenvalue weighted by molar-refractivity contribution is 7.09. The van der Waals surface area contributed by atoms with E-state index in [0.29, 0.717) is 13.1 Å². The molecule has 0 radical (unpaired) electrons. The molecule has 1 aromatic rings. The summed E-state index contributed by atoms with van der Waals surface area (Å²) in [6.07, 6.45) is 3.58. The van der Waals surface area contributed by atoms with Crippen molar-refractivity contribution in [1.29, 1.82) is 0 Å². The van der Waals surface area contributed by atoms with Crippen LogP contribution in [0, 0.1) is 18.8 Å². The standard InChI is InChI=1S/C19H26N4O3S/c1-13-20-14(12-27-13)10-21-6-8-22(9-7-21)17(24)11-23-18(25)15-4-2-3-5-16(15)19(23)26/h12,15-16H,2-11H2,1H3. The fourth-order valence-corrected chi connectivity index (χ4v) is 5.09. The van der Waals surface area contributed by atoms with Crippen molar-refractivity contribution in [3.8, 4) is 0 Å². The SMILES string of the molecule is Cc1nc(CN2CCN(C(=O)CN3C(=O)C4CCCCC4C3=O)CC2)cs1. The van der Waals surface area contributed by atoms with Crippen molar-refractivity contribution in [2.75, 3.05) is 32.7 Å². The van der Waals surface area contributed by atoms with Gasteiger partial charge in [0.05, 0.1) is 22.5 Å². The molecule has 3 amide bonds. The number of nitrogens with zero attached hydrogens (tertiary/aromatic N) is 4. The Balaban J connectivity index is 1.29. The molecule has 0 spiro atoms. The van der Waals surface area contributed by atoms with Crippen LogP contribution in [-0.2, 0) is 20.9 Å². The second kappa shape index (κ2) is 7.67. The fraction of sp³-hybridized carbons (Fsp3) is 0.684. The van der Waals surface area contributed by atoms with E-state index in [-0.39, 0.29) is 36.1 Å². The third-order valence-electron chi connectivity index (χ3n) is 6.00. The molecule has 1 aromatic heterocycles. The first-order chi connectivity index (χ1) is 13.0. The maximum absolute atomic E-state index is 12.7. The highest BCUT2D eigenvalue weighted by Gasteiger charge is 2.48. The van der Waals surface area contributed by atoms with E-state index in [1.165, 1.54) is 4.90 Å². The predicted molar refractivity (Wildman–Crippen MR) is 101 cm³/mol. The van der Waals surface area contributed by atoms with Crippen molar-refractivity contribution < 1.29 is 14.4 Å². The van der Waals surface area contributed by atoms with E-state index in [9.17, 15) is 14.4 Å². The Morgan fingerprint density at radius 2 is 1.74 bits per heavy atom. The number of thiazole rings is 1. The summed E-state index contributed by atoms with van der Waals surface area (Å²) in [5, 5.41) is 3.15. The third kappa shape index (κ3) is 3.78. The Labute approximate surface area is 163 Å². The summed E-state index contributed by atoms with van der Waals surface area (Å²) in [6.45, 7) is 5.55. The van der Waals surface area contributed by atoms with Gasteiger partial charge in [-0.3, -0.25) is 24.2 Å². The number of amides is 3. The average molecular weight is 391 g/mol. The van der Waals surface area contributed by atoms with Crippen LogP contribution >= 0.6 is 11.3 Å². The van der Waals surface area contributed by atoms with Crippen molar-refractivity contribution in [2.45, 2.75) is 39.2 Å². The maximum atomic E-state index is 12.7. The Bertz CT molecular complexity index is 717. The lowest BCUT2D eigenvalue weighted by Gasteiger charge is -2.35. The summed E-state index contributed by atoms with van der Waals surface area (Å²) >= 11 is 1.65. The summed E-state index contributed by atoms with van der Waals surface area (Å²) in [7, 11) is 0. The van der Waals surface area contributed by atoms with Crippen LogP contribution in [0.1, 0.15) is 36.4 Å². The molecule has 146 valence electrons. The van der Waals surface area contributed by atoms with Crippen LogP contribution in [0.25, 0.3) is 0 Å². The Kier molecular flexibility index (Phi) is 5.27. The third-order valence-corrected chi connectivity index (χ3v) is 6.83. The molecule has 3 heterocycles. The normalized spacial score (nSPS) is 26.6. The van der Waals surface area contributed by atoms with Crippen LogP contribution in [0.15, 0.2) is 5.38 Å². The molecule has 4 rings (SSSR count). The van der Waals surface area contributed by atoms with Crippen LogP contribution in [-0.4, -0.2) is 70.1 Å². The number of carbonyl (C=O) groups excluding carboxylic acids is 3. The lowest BCUT2D eigenvalue weighted by atomic mass is 9.81. The first-order valence-electron chi connectivity index (χ1n) is 9.79. The molecular formula is C19H26N4O3S. The summed E-state index contributed by atoms with van der Waals surface area (Å²) in [4.78, 5) is 47.6. The van der Waals surface area contributed by atoms with E-state index in [1.54, 1.807) is 16.2 Å². The molecule has 0 bridgehead atoms. The van der Waals surface area contributed by atoms with Gasteiger partial charge in [-0.15, -0.1) is 11.3 Å². The van der Waals surface area contributed by atoms with Crippen LogP contribution in [0.3, 0.4) is 0 Å². The second-order valence-electron chi connectivity index (χ2n) is 7.77. The van der Waals surface area contributed by atoms with Gasteiger partial charge in [0.25, 0.3) is 0 Å². The van der Waals surface area contributed by atoms with Gasteiger partial charge in [0.1, 0.15) is 6.54 Å². The zero-order valence-electron chi connectivity index (χ0n) is 15.7. The van der Waals surface area contributed by atoms with E-state index in [0.717, 1.165) is 56.0 Å². The highest BCUT2D eigenvalue weighted by Crippen LogP contribution is 2.37. The minimum Gasteiger partial charge on any atom is -0.339 e. The maximum Gasteiger partial charge on any atom is 0.242 e. The van der Waals surface area contributed by atoms with Crippen molar-refractivity contribution in [1.82, 2.24) is 19.7 Å². The Morgan fingerprint density at radius 3 is 2.30 bits per heavy atom. The van der Waals surface area contributed by atoms with Gasteiger partial charge in [0.2, 0.25) is 17.7 Å². The van der Waals surface area contributed by atoms with Crippen LogP contribution in [0.4, 0.5) is 0 Å². The van der Waals surface area contributed by atoms with Gasteiger partial charge in [-0.05, 0) is 19.8 Å². The van der Waals surface area contributed by atoms with Gasteiger partial charge < -0.3 is 4.90 Å². The number of hydrogen-bond donors (Lipinski definition) is 0. The molecule has 2 saturated heterocycles. The number of hydrogen-bond acceptors (Lipinski definition) is 6. The highest BCUT2D eigenvalue weighted by atomic mass is 32.1. The van der Waals surface area contributed by atoms with Crippen LogP contribution in [0.2, 0.25) is 0 Å². The second-order valence-corrected chi connectivity index (χ2v) is 8.84. The quantitative estimate of drug-likeness (QED) is 0.724. The molecule has 0 aromatic carbocycles. The van der Waals surface area contributed by atoms with Crippen molar-refractivity contribution in [2.24, 2.45) is 11.8 Å². The van der Waals surface area contributed by atoms with Gasteiger partial charge >= 0.3 is 0 Å². The molecule has 3 fully saturated rings. The molecule has 7 nitrogen and oxygen atoms in total. The number of fused-ring (bicyclic) bond motifs is 1. The molecule has 1 saturated carbocycles. The number of likely N-dealkylation sites (tertiary alicyclic amines) is 1. The summed E-state index contributed by atoms with van der Waals surface area (Å²) in [5.41, 5.74) is 1.08. The van der Waals surface area contributed by atoms with Crippen molar-refractivity contribution in [3.63, 3.8) is 0 Å². The van der Waals surface area contributed by atoms with Gasteiger partial charge in [-0.1, -0.05) is 12.8 Å². The van der Waals surface area contributed by atoms with Crippen molar-refractivity contribution >= 4 is 29.1 Å². The first kappa shape index (κ1) is 18.6. The average Bonchev–Trinajstić information content (AvgIpc) is 3.19. The van der Waals surface area contributed by atoms with E-state index < -0.39 is 0 Å². The molecule has 27 heavy (non-hydrogen) atoms. The monoisotopic (exact) mass is 390 g/mol. The van der Waals surface area contributed by atoms with Gasteiger partial charge in [0.15, 0.2) is 0 Å². The molecule has 0 N–H and O–H groups in total. The van der Waals surface area contributed by atoms with Crippen LogP contribution < -0.4 is 0 Å². The Hall–Kier alpha value is -1.80. The lowest BCUT2D eigenvalue weighted by Crippen LogP contribution is -2.51. The number of aromatic nitrogens is 1. The molecule has 3 aliphatic rings. The van der Waals surface area contributed by atoms with Gasteiger partial charge in [0, 0.05) is 38.1 Å². The summed E-state index contributed by atoms with van der Waals surface area (Å²) in [5.74, 6) is -0.736. The number of piperazine rings is 1. The van der Waals surface area contributed by atoms with E-state index >= 15 is 0 Å². The molecule has 8 heteroatoms. The fourth-order valence-electron chi connectivity index (χ4n) is 4.49. The minimum absolute atomic E-state index is 0.0874. The lowest BCUT2D eigenvalue weighted by molar-refractivity contribution is -0.147. The zero-order valence-corrected chi connectivity index (χ0v) is 16.5. The number of aryl methyl sites for hydroxylation is 1. The topological polar surface area (TPSA) is 73.8 Å². The minimum atomic E-state index is -0.183. The molecule has 1 aliphatic carbocycles. The molecule has 2 unspecified atom stereocenters. The Morgan fingerprint density at radius 1 is 1.11 bits per heavy atom. The summed E-state index contributed by atoms with van der Waals surface area (Å²) < 4.78 is 0. The van der Waals surface area contributed by atoms with Crippen molar-refractivity contribution in [3.05, 3.63) is 16.1 Å². The van der Waals surface area contributed by atoms with E-state index in [1.807, 2.05) is 6.92 Å². The number of rotatable bonds is 4. The number of carbonyl (C=O) groups is 3. The smallest absolute Gasteiger partial charge is 0.242 e. The predicted octanol–water partition coefficient (Wildman–Crippen LogP) is 1.27. The first-order valence-corrected chi connectivity index (χ1v) is 10.7. The van der Waals surface area contributed by atoms with Gasteiger partial charge in [-0.2, -0.15) is 0 Å². The van der Waals surface area contributed by atoms with Gasteiger partial charge in [-0.25, -0.2) is 4.98 Å². The largest absolute Gasteiger partial charge is 0.339 e. The van der Waals surface area contributed by atoms with E-state index in [4.69, 9.17) is 0 Å². The number of imide groups is 1. The molecule has 2 atom stereocenters. The zero-order chi connectivity index (χ0) is 19.0.